The van der Waals surface area contributed by atoms with E-state index >= 15 is 0 Å². The summed E-state index contributed by atoms with van der Waals surface area (Å²) in [4.78, 5) is 27.7. The third-order valence-corrected chi connectivity index (χ3v) is 5.46. The molecule has 0 unspecified atom stereocenters. The van der Waals surface area contributed by atoms with E-state index in [1.54, 1.807) is 11.9 Å². The average molecular weight is 425 g/mol. The Balaban J connectivity index is 1.81. The van der Waals surface area contributed by atoms with Gasteiger partial charge in [-0.05, 0) is 48.1 Å². The summed E-state index contributed by atoms with van der Waals surface area (Å²) >= 11 is 0. The Kier molecular flexibility index (Phi) is 6.63. The lowest BCUT2D eigenvalue weighted by Gasteiger charge is -2.25. The molecule has 164 valence electrons. The van der Waals surface area contributed by atoms with Gasteiger partial charge in [0, 0.05) is 13.6 Å². The molecule has 1 amide bonds. The maximum atomic E-state index is 12.2. The molecule has 4 rings (SSSR count). The molecule has 0 saturated heterocycles. The summed E-state index contributed by atoms with van der Waals surface area (Å²) in [6.07, 6.45) is 7.65. The first-order chi connectivity index (χ1) is 15.2. The fourth-order valence-corrected chi connectivity index (χ4v) is 4.04. The second-order valence-electron chi connectivity index (χ2n) is 7.47. The number of rotatable bonds is 4. The number of hydrogen-bond acceptors (Lipinski definition) is 8. The van der Waals surface area contributed by atoms with E-state index in [2.05, 4.69) is 50.4 Å². The minimum Gasteiger partial charge on any atom is -0.463 e. The molecule has 31 heavy (non-hydrogen) atoms. The van der Waals surface area contributed by atoms with Gasteiger partial charge in [0.25, 0.3) is 0 Å². The van der Waals surface area contributed by atoms with Crippen LogP contribution in [0.15, 0.2) is 24.3 Å². The van der Waals surface area contributed by atoms with Crippen molar-refractivity contribution in [2.75, 3.05) is 43.0 Å². The van der Waals surface area contributed by atoms with E-state index in [-0.39, 0.29) is 6.01 Å². The number of anilines is 3. The van der Waals surface area contributed by atoms with Crippen molar-refractivity contribution in [2.45, 2.75) is 32.4 Å². The van der Waals surface area contributed by atoms with Crippen molar-refractivity contribution < 1.29 is 14.4 Å². The molecule has 9 nitrogen and oxygen atoms in total. The van der Waals surface area contributed by atoms with Crippen molar-refractivity contribution in [1.29, 1.82) is 0 Å². The van der Waals surface area contributed by atoms with Crippen molar-refractivity contribution in [1.82, 2.24) is 15.3 Å². The number of benzene rings is 1. The van der Waals surface area contributed by atoms with Gasteiger partial charge < -0.3 is 15.4 Å². The van der Waals surface area contributed by atoms with E-state index in [1.807, 2.05) is 0 Å². The van der Waals surface area contributed by atoms with E-state index in [1.165, 1.54) is 23.8 Å². The number of carbonyl (C=O) groups excluding carboxylic acids is 1. The van der Waals surface area contributed by atoms with Crippen LogP contribution in [-0.2, 0) is 35.6 Å². The van der Waals surface area contributed by atoms with Gasteiger partial charge in [0.05, 0.1) is 20.3 Å². The fraction of sp³-hybridized carbons (Fsp3) is 0.409. The van der Waals surface area contributed by atoms with Crippen LogP contribution >= 0.6 is 0 Å². The van der Waals surface area contributed by atoms with Gasteiger partial charge in [0.2, 0.25) is 6.41 Å². The second kappa shape index (κ2) is 9.76. The molecule has 0 radical (unpaired) electrons. The molecule has 0 aliphatic carbocycles. The molecule has 0 atom stereocenters. The molecule has 2 aliphatic rings. The first-order valence-corrected chi connectivity index (χ1v) is 10.5. The first-order valence-electron chi connectivity index (χ1n) is 10.5. The third-order valence-electron chi connectivity index (χ3n) is 5.46. The number of amides is 1. The molecular formula is C22H28N6O3. The van der Waals surface area contributed by atoms with Crippen molar-refractivity contribution in [3.8, 4) is 6.01 Å². The van der Waals surface area contributed by atoms with E-state index in [0.717, 1.165) is 44.3 Å². The van der Waals surface area contributed by atoms with Gasteiger partial charge in [-0.1, -0.05) is 24.3 Å². The molecule has 2 aliphatic heterocycles. The zero-order chi connectivity index (χ0) is 21.6. The quantitative estimate of drug-likeness (QED) is 0.390. The molecule has 1 aromatic heterocycles. The first kappa shape index (κ1) is 21.1. The van der Waals surface area contributed by atoms with Crippen LogP contribution in [0.4, 0.5) is 17.3 Å². The van der Waals surface area contributed by atoms with Gasteiger partial charge in [-0.15, -0.1) is 0 Å². The largest absolute Gasteiger partial charge is 0.463 e. The van der Waals surface area contributed by atoms with Crippen LogP contribution in [0.2, 0.25) is 0 Å². The standard InChI is InChI=1S/C22H28N6O3/c1-23-19-20(27-30-2)25-22-26-21(19)28(14-29)13-15-10-16(6-4-3-5-9-31-22)18-12-24-8-7-17(18)11-15/h3-4,10-11,14,23-24H,5-9,12-13H2,1-2H3,(H,25,26,27)/b4-3+. The number of allylic oxidation sites excluding steroid dienone is 1. The minimum absolute atomic E-state index is 0.183. The lowest BCUT2D eigenvalue weighted by Crippen LogP contribution is -2.27. The number of fused-ring (bicyclic) bond motifs is 6. The molecule has 2 aromatic rings. The maximum absolute atomic E-state index is 12.2. The van der Waals surface area contributed by atoms with Gasteiger partial charge in [-0.25, -0.2) is 5.48 Å². The van der Waals surface area contributed by atoms with Gasteiger partial charge in [-0.2, -0.15) is 9.97 Å². The highest BCUT2D eigenvalue weighted by Gasteiger charge is 2.22. The molecule has 0 saturated carbocycles. The predicted molar refractivity (Wildman–Crippen MR) is 119 cm³/mol. The number of nitrogens with one attached hydrogen (secondary N) is 3. The van der Waals surface area contributed by atoms with E-state index in [9.17, 15) is 4.79 Å². The summed E-state index contributed by atoms with van der Waals surface area (Å²) in [5.41, 5.74) is 8.37. The fourth-order valence-electron chi connectivity index (χ4n) is 4.04. The average Bonchev–Trinajstić information content (AvgIpc) is 2.79. The van der Waals surface area contributed by atoms with Crippen LogP contribution in [0.1, 0.15) is 28.7 Å². The monoisotopic (exact) mass is 424 g/mol. The number of nitrogens with zero attached hydrogens (tertiary/aromatic N) is 3. The highest BCUT2D eigenvalue weighted by atomic mass is 16.6. The normalized spacial score (nSPS) is 17.0. The summed E-state index contributed by atoms with van der Waals surface area (Å²) in [6, 6.07) is 4.59. The molecule has 3 N–H and O–H groups in total. The zero-order valence-corrected chi connectivity index (χ0v) is 17.9. The van der Waals surface area contributed by atoms with Gasteiger partial charge >= 0.3 is 6.01 Å². The molecule has 1 aromatic carbocycles. The van der Waals surface area contributed by atoms with Crippen LogP contribution in [0.25, 0.3) is 0 Å². The minimum atomic E-state index is 0.183. The third kappa shape index (κ3) is 4.62. The predicted octanol–water partition coefficient (Wildman–Crippen LogP) is 2.18. The maximum Gasteiger partial charge on any atom is 0.320 e. The van der Waals surface area contributed by atoms with Crippen LogP contribution in [0, 0.1) is 0 Å². The highest BCUT2D eigenvalue weighted by molar-refractivity contribution is 5.86. The SMILES string of the molecule is CNc1c(NOC)nc2nc1N(C=O)Cc1cc(c3c(c1)CCNC3)C/C=C/CCO2. The number of aromatic nitrogens is 2. The van der Waals surface area contributed by atoms with Crippen molar-refractivity contribution in [3.63, 3.8) is 0 Å². The van der Waals surface area contributed by atoms with E-state index in [0.29, 0.717) is 30.5 Å². The topological polar surface area (TPSA) is 101 Å². The summed E-state index contributed by atoms with van der Waals surface area (Å²) in [6.45, 7) is 2.66. The van der Waals surface area contributed by atoms with Crippen LogP contribution in [0.5, 0.6) is 6.01 Å². The molecular weight excluding hydrogens is 396 g/mol. The van der Waals surface area contributed by atoms with Gasteiger partial charge in [0.15, 0.2) is 11.6 Å². The van der Waals surface area contributed by atoms with Crippen LogP contribution in [-0.4, -0.2) is 43.7 Å². The van der Waals surface area contributed by atoms with Crippen molar-refractivity contribution in [3.05, 3.63) is 46.5 Å². The molecule has 0 spiro atoms. The highest BCUT2D eigenvalue weighted by Crippen LogP contribution is 2.33. The smallest absolute Gasteiger partial charge is 0.320 e. The molecule has 9 heteroatoms. The Labute approximate surface area is 181 Å². The second-order valence-corrected chi connectivity index (χ2v) is 7.47. The van der Waals surface area contributed by atoms with E-state index < -0.39 is 0 Å². The Morgan fingerprint density at radius 1 is 1.26 bits per heavy atom. The van der Waals surface area contributed by atoms with Crippen molar-refractivity contribution >= 4 is 23.7 Å². The summed E-state index contributed by atoms with van der Waals surface area (Å²) < 4.78 is 5.76. The summed E-state index contributed by atoms with van der Waals surface area (Å²) in [7, 11) is 3.25. The van der Waals surface area contributed by atoms with Crippen molar-refractivity contribution in [2.24, 2.45) is 0 Å². The van der Waals surface area contributed by atoms with E-state index in [4.69, 9.17) is 9.57 Å². The van der Waals surface area contributed by atoms with Gasteiger partial charge in [0.1, 0.15) is 5.69 Å². The molecule has 4 bridgehead atoms. The molecule has 3 heterocycles. The number of ether oxygens (including phenoxy) is 1. The Morgan fingerprint density at radius 2 is 2.13 bits per heavy atom. The Hall–Kier alpha value is -3.17. The Morgan fingerprint density at radius 3 is 2.94 bits per heavy atom. The lowest BCUT2D eigenvalue weighted by atomic mass is 9.91. The Bertz CT molecular complexity index is 978. The number of hydrogen-bond donors (Lipinski definition) is 3. The summed E-state index contributed by atoms with van der Waals surface area (Å²) in [5, 5.41) is 6.54. The van der Waals surface area contributed by atoms with Gasteiger partial charge in [-0.3, -0.25) is 14.5 Å². The lowest BCUT2D eigenvalue weighted by molar-refractivity contribution is -0.107. The molecule has 0 fully saturated rings. The zero-order valence-electron chi connectivity index (χ0n) is 17.9. The van der Waals surface area contributed by atoms with Crippen LogP contribution < -0.4 is 25.8 Å². The summed E-state index contributed by atoms with van der Waals surface area (Å²) in [5.74, 6) is 0.826. The number of carbonyl (C=O) groups is 1. The van der Waals surface area contributed by atoms with Crippen LogP contribution in [0.3, 0.4) is 0 Å².